The maximum absolute atomic E-state index is 11.2. The monoisotopic (exact) mass is 217 g/mol. The van der Waals surface area contributed by atoms with Crippen LogP contribution < -0.4 is 10.3 Å². The minimum absolute atomic E-state index is 0.280. The fraction of sp³-hybridized carbons (Fsp3) is 0.0833. The lowest BCUT2D eigenvalue weighted by molar-refractivity contribution is 0.415. The summed E-state index contributed by atoms with van der Waals surface area (Å²) in [6, 6.07) is 10.3. The van der Waals surface area contributed by atoms with Crippen LogP contribution in [0.5, 0.6) is 11.5 Å². The fourth-order valence-electron chi connectivity index (χ4n) is 1.40. The first-order valence-corrected chi connectivity index (χ1v) is 4.77. The first-order valence-electron chi connectivity index (χ1n) is 4.77. The predicted octanol–water partition coefficient (Wildman–Crippen LogP) is 1.76. The van der Waals surface area contributed by atoms with Crippen molar-refractivity contribution in [2.24, 2.45) is 0 Å². The Hall–Kier alpha value is -2.23. The lowest BCUT2D eigenvalue weighted by Gasteiger charge is -2.03. The second-order valence-electron chi connectivity index (χ2n) is 3.31. The molecule has 2 rings (SSSR count). The maximum atomic E-state index is 11.2. The van der Waals surface area contributed by atoms with Gasteiger partial charge in [0.2, 0.25) is 0 Å². The number of H-pyrrole nitrogens is 1. The van der Waals surface area contributed by atoms with Gasteiger partial charge in [-0.25, -0.2) is 0 Å². The lowest BCUT2D eigenvalue weighted by Crippen LogP contribution is -2.05. The number of aromatic nitrogens is 1. The highest BCUT2D eigenvalue weighted by Gasteiger charge is 2.01. The minimum atomic E-state index is -0.492. The van der Waals surface area contributed by atoms with Gasteiger partial charge in [-0.2, -0.15) is 0 Å². The third kappa shape index (κ3) is 1.91. The SMILES string of the molecule is COc1ccc(-c2ccc(O)c(=O)[nH]2)cc1. The molecule has 0 aliphatic carbocycles. The molecular weight excluding hydrogens is 206 g/mol. The molecule has 0 aliphatic heterocycles. The molecule has 0 aliphatic rings. The van der Waals surface area contributed by atoms with Gasteiger partial charge in [-0.1, -0.05) is 0 Å². The number of pyridine rings is 1. The van der Waals surface area contributed by atoms with E-state index in [0.717, 1.165) is 11.3 Å². The van der Waals surface area contributed by atoms with Crippen molar-refractivity contribution in [3.63, 3.8) is 0 Å². The number of benzene rings is 1. The highest BCUT2D eigenvalue weighted by Crippen LogP contribution is 2.20. The normalized spacial score (nSPS) is 10.1. The number of methoxy groups -OCH3 is 1. The van der Waals surface area contributed by atoms with E-state index >= 15 is 0 Å². The Kier molecular flexibility index (Phi) is 2.64. The van der Waals surface area contributed by atoms with Crippen molar-refractivity contribution >= 4 is 0 Å². The topological polar surface area (TPSA) is 62.3 Å². The highest BCUT2D eigenvalue weighted by atomic mass is 16.5. The van der Waals surface area contributed by atoms with Crippen LogP contribution in [0.25, 0.3) is 11.3 Å². The number of hydrogen-bond donors (Lipinski definition) is 2. The van der Waals surface area contributed by atoms with Gasteiger partial charge in [-0.3, -0.25) is 4.79 Å². The zero-order chi connectivity index (χ0) is 11.5. The molecule has 0 amide bonds. The van der Waals surface area contributed by atoms with Crippen molar-refractivity contribution in [1.29, 1.82) is 0 Å². The first kappa shape index (κ1) is 10.3. The molecule has 0 bridgehead atoms. The Morgan fingerprint density at radius 2 is 1.81 bits per heavy atom. The Balaban J connectivity index is 2.42. The predicted molar refractivity (Wildman–Crippen MR) is 60.7 cm³/mol. The Morgan fingerprint density at radius 3 is 2.38 bits per heavy atom. The van der Waals surface area contributed by atoms with Gasteiger partial charge in [-0.15, -0.1) is 0 Å². The first-order chi connectivity index (χ1) is 7.70. The summed E-state index contributed by atoms with van der Waals surface area (Å²) in [5.41, 5.74) is 1.02. The van der Waals surface area contributed by atoms with Gasteiger partial charge in [0, 0.05) is 5.69 Å². The summed E-state index contributed by atoms with van der Waals surface area (Å²) in [4.78, 5) is 13.8. The number of ether oxygens (including phenoxy) is 1. The van der Waals surface area contributed by atoms with Crippen molar-refractivity contribution in [3.05, 3.63) is 46.8 Å². The number of rotatable bonds is 2. The second-order valence-corrected chi connectivity index (χ2v) is 3.31. The van der Waals surface area contributed by atoms with Crippen LogP contribution >= 0.6 is 0 Å². The molecule has 0 spiro atoms. The molecule has 4 nitrogen and oxygen atoms in total. The van der Waals surface area contributed by atoms with Gasteiger partial charge < -0.3 is 14.8 Å². The summed E-state index contributed by atoms with van der Waals surface area (Å²) < 4.78 is 5.04. The average Bonchev–Trinajstić information content (AvgIpc) is 2.33. The molecule has 0 atom stereocenters. The quantitative estimate of drug-likeness (QED) is 0.805. The van der Waals surface area contributed by atoms with Crippen LogP contribution in [0.15, 0.2) is 41.2 Å². The Bertz CT molecular complexity index is 543. The Morgan fingerprint density at radius 1 is 1.12 bits per heavy atom. The molecule has 2 N–H and O–H groups in total. The molecule has 1 aromatic carbocycles. The van der Waals surface area contributed by atoms with Crippen molar-refractivity contribution < 1.29 is 9.84 Å². The summed E-state index contributed by atoms with van der Waals surface area (Å²) >= 11 is 0. The van der Waals surface area contributed by atoms with Crippen LogP contribution in [0, 0.1) is 0 Å². The van der Waals surface area contributed by atoms with Crippen LogP contribution in [0.3, 0.4) is 0 Å². The van der Waals surface area contributed by atoms with Crippen LogP contribution in [0.4, 0.5) is 0 Å². The van der Waals surface area contributed by atoms with Crippen LogP contribution in [0.2, 0.25) is 0 Å². The molecule has 82 valence electrons. The summed E-state index contributed by atoms with van der Waals surface area (Å²) in [5, 5.41) is 9.11. The van der Waals surface area contributed by atoms with E-state index in [1.54, 1.807) is 25.3 Å². The van der Waals surface area contributed by atoms with E-state index in [-0.39, 0.29) is 5.75 Å². The molecule has 2 aromatic rings. The molecule has 1 aromatic heterocycles. The van der Waals surface area contributed by atoms with Crippen molar-refractivity contribution in [2.45, 2.75) is 0 Å². The molecule has 0 saturated carbocycles. The zero-order valence-corrected chi connectivity index (χ0v) is 8.73. The van der Waals surface area contributed by atoms with Gasteiger partial charge in [0.05, 0.1) is 7.11 Å². The molecule has 0 unspecified atom stereocenters. The molecule has 1 heterocycles. The smallest absolute Gasteiger partial charge is 0.290 e. The van der Waals surface area contributed by atoms with E-state index in [0.29, 0.717) is 5.69 Å². The number of aromatic hydroxyl groups is 1. The van der Waals surface area contributed by atoms with Gasteiger partial charge >= 0.3 is 0 Å². The zero-order valence-electron chi connectivity index (χ0n) is 8.73. The molecule has 0 radical (unpaired) electrons. The van der Waals surface area contributed by atoms with Crippen molar-refractivity contribution in [1.82, 2.24) is 4.98 Å². The van der Waals surface area contributed by atoms with E-state index in [9.17, 15) is 4.79 Å². The third-order valence-corrected chi connectivity index (χ3v) is 2.29. The average molecular weight is 217 g/mol. The molecular formula is C12H11NO3. The van der Waals surface area contributed by atoms with E-state index in [1.165, 1.54) is 6.07 Å². The van der Waals surface area contributed by atoms with Crippen molar-refractivity contribution in [3.8, 4) is 22.8 Å². The molecule has 0 fully saturated rings. The molecule has 4 heteroatoms. The standard InChI is InChI=1S/C12H11NO3/c1-16-9-4-2-8(3-5-9)10-6-7-11(14)12(15)13-10/h2-7,14H,1H3,(H,13,15). The summed E-state index contributed by atoms with van der Waals surface area (Å²) in [7, 11) is 1.59. The molecule has 16 heavy (non-hydrogen) atoms. The Labute approximate surface area is 92.1 Å². The van der Waals surface area contributed by atoms with Crippen molar-refractivity contribution in [2.75, 3.05) is 7.11 Å². The second kappa shape index (κ2) is 4.10. The van der Waals surface area contributed by atoms with Crippen LogP contribution in [-0.2, 0) is 0 Å². The number of hydrogen-bond acceptors (Lipinski definition) is 3. The summed E-state index contributed by atoms with van der Waals surface area (Å²) in [6.45, 7) is 0. The van der Waals surface area contributed by atoms with E-state index in [4.69, 9.17) is 9.84 Å². The molecule has 0 saturated heterocycles. The number of aromatic amines is 1. The summed E-state index contributed by atoms with van der Waals surface area (Å²) in [6.07, 6.45) is 0. The maximum Gasteiger partial charge on any atom is 0.290 e. The van der Waals surface area contributed by atoms with Gasteiger partial charge in [-0.05, 0) is 42.0 Å². The van der Waals surface area contributed by atoms with Gasteiger partial charge in [0.25, 0.3) is 5.56 Å². The third-order valence-electron chi connectivity index (χ3n) is 2.29. The minimum Gasteiger partial charge on any atom is -0.503 e. The van der Waals surface area contributed by atoms with E-state index in [1.807, 2.05) is 12.1 Å². The number of nitrogens with one attached hydrogen (secondary N) is 1. The summed E-state index contributed by atoms with van der Waals surface area (Å²) in [5.74, 6) is 0.474. The van der Waals surface area contributed by atoms with Gasteiger partial charge in [0.1, 0.15) is 5.75 Å². The van der Waals surface area contributed by atoms with Gasteiger partial charge in [0.15, 0.2) is 5.75 Å². The highest BCUT2D eigenvalue weighted by molar-refractivity contribution is 5.60. The lowest BCUT2D eigenvalue weighted by atomic mass is 10.1. The van der Waals surface area contributed by atoms with Crippen LogP contribution in [-0.4, -0.2) is 17.2 Å². The largest absolute Gasteiger partial charge is 0.503 e. The van der Waals surface area contributed by atoms with E-state index < -0.39 is 5.56 Å². The van der Waals surface area contributed by atoms with E-state index in [2.05, 4.69) is 4.98 Å². The fourth-order valence-corrected chi connectivity index (χ4v) is 1.40. The van der Waals surface area contributed by atoms with Crippen LogP contribution in [0.1, 0.15) is 0 Å².